The van der Waals surface area contributed by atoms with Gasteiger partial charge in [-0.3, -0.25) is 0 Å². The number of alkyl carbamates (subject to hydrolysis) is 1. The van der Waals surface area contributed by atoms with E-state index in [0.717, 1.165) is 0 Å². The number of aromatic nitrogens is 1. The zero-order valence-corrected chi connectivity index (χ0v) is 11.7. The van der Waals surface area contributed by atoms with E-state index in [9.17, 15) is 9.59 Å². The van der Waals surface area contributed by atoms with Crippen molar-refractivity contribution in [2.45, 2.75) is 32.9 Å². The lowest BCUT2D eigenvalue weighted by atomic mass is 10.2. The third-order valence-corrected chi connectivity index (χ3v) is 2.24. The fraction of sp³-hybridized carbons (Fsp3) is 0.538. The molecule has 1 aromatic heterocycles. The maximum Gasteiger partial charge on any atom is 0.407 e. The summed E-state index contributed by atoms with van der Waals surface area (Å²) in [7, 11) is 1.33. The Labute approximate surface area is 112 Å². The van der Waals surface area contributed by atoms with E-state index >= 15 is 0 Å². The molecule has 0 saturated heterocycles. The normalized spacial score (nSPS) is 10.9. The molecule has 1 rings (SSSR count). The first-order valence-corrected chi connectivity index (χ1v) is 6.04. The Bertz CT molecular complexity index is 446. The van der Waals surface area contributed by atoms with Crippen molar-refractivity contribution in [3.05, 3.63) is 24.0 Å². The standard InChI is InChI=1S/C13H20N2O4/c1-13(2,3)19-12(17)14-7-9-15-8-5-6-10(15)11(16)18-4/h5-6,8H,7,9H2,1-4H3,(H,14,17). The Hall–Kier alpha value is -1.98. The Kier molecular flexibility index (Phi) is 4.97. The van der Waals surface area contributed by atoms with Crippen molar-refractivity contribution >= 4 is 12.1 Å². The number of carbonyl (C=O) groups is 2. The number of hydrogen-bond acceptors (Lipinski definition) is 4. The fourth-order valence-electron chi connectivity index (χ4n) is 1.49. The smallest absolute Gasteiger partial charge is 0.407 e. The van der Waals surface area contributed by atoms with Crippen LogP contribution >= 0.6 is 0 Å². The van der Waals surface area contributed by atoms with E-state index in [4.69, 9.17) is 4.74 Å². The summed E-state index contributed by atoms with van der Waals surface area (Å²) in [6.45, 7) is 6.24. The molecule has 6 nitrogen and oxygen atoms in total. The van der Waals surface area contributed by atoms with E-state index in [1.54, 1.807) is 43.7 Å². The molecule has 0 aliphatic heterocycles. The van der Waals surface area contributed by atoms with Gasteiger partial charge >= 0.3 is 12.1 Å². The van der Waals surface area contributed by atoms with Crippen LogP contribution in [0.4, 0.5) is 4.79 Å². The number of hydrogen-bond donors (Lipinski definition) is 1. The summed E-state index contributed by atoms with van der Waals surface area (Å²) in [5, 5.41) is 2.63. The number of rotatable bonds is 4. The van der Waals surface area contributed by atoms with Gasteiger partial charge in [0.25, 0.3) is 0 Å². The van der Waals surface area contributed by atoms with Crippen molar-refractivity contribution in [3.8, 4) is 0 Å². The van der Waals surface area contributed by atoms with Crippen molar-refractivity contribution in [1.29, 1.82) is 0 Å². The van der Waals surface area contributed by atoms with Crippen LogP contribution in [0.25, 0.3) is 0 Å². The summed E-state index contributed by atoms with van der Waals surface area (Å²) in [5.74, 6) is -0.401. The van der Waals surface area contributed by atoms with Crippen LogP contribution in [0.2, 0.25) is 0 Å². The zero-order chi connectivity index (χ0) is 14.5. The maximum absolute atomic E-state index is 11.4. The molecule has 1 amide bonds. The molecular formula is C13H20N2O4. The molecule has 1 heterocycles. The molecule has 0 bridgehead atoms. The first-order chi connectivity index (χ1) is 8.83. The van der Waals surface area contributed by atoms with Gasteiger partial charge in [-0.1, -0.05) is 0 Å². The van der Waals surface area contributed by atoms with Crippen LogP contribution in [0, 0.1) is 0 Å². The molecular weight excluding hydrogens is 248 g/mol. The summed E-state index contributed by atoms with van der Waals surface area (Å²) >= 11 is 0. The number of amides is 1. The van der Waals surface area contributed by atoms with Crippen LogP contribution in [0.5, 0.6) is 0 Å². The zero-order valence-electron chi connectivity index (χ0n) is 11.7. The fourth-order valence-corrected chi connectivity index (χ4v) is 1.49. The third-order valence-electron chi connectivity index (χ3n) is 2.24. The second-order valence-corrected chi connectivity index (χ2v) is 5.01. The molecule has 0 aliphatic rings. The number of ether oxygens (including phenoxy) is 2. The lowest BCUT2D eigenvalue weighted by Crippen LogP contribution is -2.34. The van der Waals surface area contributed by atoms with Gasteiger partial charge in [0.05, 0.1) is 7.11 Å². The monoisotopic (exact) mass is 268 g/mol. The Balaban J connectivity index is 2.44. The second kappa shape index (κ2) is 6.26. The molecule has 0 saturated carbocycles. The molecule has 0 fully saturated rings. The minimum Gasteiger partial charge on any atom is -0.464 e. The van der Waals surface area contributed by atoms with Crippen molar-refractivity contribution in [2.75, 3.05) is 13.7 Å². The number of carbonyl (C=O) groups excluding carboxylic acids is 2. The first kappa shape index (κ1) is 15.1. The van der Waals surface area contributed by atoms with Gasteiger partial charge in [-0.15, -0.1) is 0 Å². The molecule has 1 N–H and O–H groups in total. The molecule has 0 spiro atoms. The Morgan fingerprint density at radius 1 is 1.37 bits per heavy atom. The van der Waals surface area contributed by atoms with Crippen LogP contribution in [0.1, 0.15) is 31.3 Å². The summed E-state index contributed by atoms with van der Waals surface area (Å²) in [5.41, 5.74) is -0.0668. The molecule has 1 aromatic rings. The van der Waals surface area contributed by atoms with E-state index in [1.807, 2.05) is 0 Å². The predicted octanol–water partition coefficient (Wildman–Crippen LogP) is 1.80. The number of esters is 1. The van der Waals surface area contributed by atoms with Crippen molar-refractivity contribution in [1.82, 2.24) is 9.88 Å². The van der Waals surface area contributed by atoms with Gasteiger partial charge in [0, 0.05) is 19.3 Å². The molecule has 0 radical (unpaired) electrons. The summed E-state index contributed by atoms with van der Waals surface area (Å²) in [6, 6.07) is 3.42. The van der Waals surface area contributed by atoms with Crippen molar-refractivity contribution in [3.63, 3.8) is 0 Å². The number of nitrogens with one attached hydrogen (secondary N) is 1. The minimum absolute atomic E-state index is 0.369. The van der Waals surface area contributed by atoms with Gasteiger partial charge in [0.2, 0.25) is 0 Å². The largest absolute Gasteiger partial charge is 0.464 e. The van der Waals surface area contributed by atoms with Gasteiger partial charge in [0.1, 0.15) is 11.3 Å². The summed E-state index contributed by atoms with van der Waals surface area (Å²) in [6.07, 6.45) is 1.28. The predicted molar refractivity (Wildman–Crippen MR) is 70.0 cm³/mol. The minimum atomic E-state index is -0.519. The highest BCUT2D eigenvalue weighted by molar-refractivity contribution is 5.87. The van der Waals surface area contributed by atoms with Crippen LogP contribution in [0.15, 0.2) is 18.3 Å². The average molecular weight is 268 g/mol. The molecule has 0 unspecified atom stereocenters. The van der Waals surface area contributed by atoms with Crippen molar-refractivity contribution < 1.29 is 19.1 Å². The Morgan fingerprint density at radius 2 is 2.05 bits per heavy atom. The molecule has 106 valence electrons. The summed E-state index contributed by atoms with van der Waals surface area (Å²) in [4.78, 5) is 22.9. The SMILES string of the molecule is COC(=O)c1cccn1CCNC(=O)OC(C)(C)C. The van der Waals surface area contributed by atoms with Gasteiger partial charge in [-0.25, -0.2) is 9.59 Å². The lowest BCUT2D eigenvalue weighted by molar-refractivity contribution is 0.0526. The van der Waals surface area contributed by atoms with E-state index in [0.29, 0.717) is 18.8 Å². The quantitative estimate of drug-likeness (QED) is 0.845. The molecule has 0 aromatic carbocycles. The number of nitrogens with zero attached hydrogens (tertiary/aromatic N) is 1. The molecule has 0 atom stereocenters. The highest BCUT2D eigenvalue weighted by atomic mass is 16.6. The van der Waals surface area contributed by atoms with E-state index in [1.165, 1.54) is 7.11 Å². The molecule has 0 aliphatic carbocycles. The van der Waals surface area contributed by atoms with Crippen LogP contribution < -0.4 is 5.32 Å². The van der Waals surface area contributed by atoms with Crippen molar-refractivity contribution in [2.24, 2.45) is 0 Å². The van der Waals surface area contributed by atoms with Gasteiger partial charge < -0.3 is 19.4 Å². The maximum atomic E-state index is 11.4. The van der Waals surface area contributed by atoms with E-state index < -0.39 is 17.7 Å². The van der Waals surface area contributed by atoms with Crippen LogP contribution in [-0.2, 0) is 16.0 Å². The third kappa shape index (κ3) is 5.03. The number of methoxy groups -OCH3 is 1. The molecule has 19 heavy (non-hydrogen) atoms. The van der Waals surface area contributed by atoms with Crippen LogP contribution in [0.3, 0.4) is 0 Å². The van der Waals surface area contributed by atoms with Gasteiger partial charge in [-0.2, -0.15) is 0 Å². The Morgan fingerprint density at radius 3 is 2.63 bits per heavy atom. The first-order valence-electron chi connectivity index (χ1n) is 6.04. The second-order valence-electron chi connectivity index (χ2n) is 5.01. The average Bonchev–Trinajstić information content (AvgIpc) is 2.74. The van der Waals surface area contributed by atoms with Crippen LogP contribution in [-0.4, -0.2) is 35.9 Å². The van der Waals surface area contributed by atoms with E-state index in [-0.39, 0.29) is 0 Å². The summed E-state index contributed by atoms with van der Waals surface area (Å²) < 4.78 is 11.5. The van der Waals surface area contributed by atoms with E-state index in [2.05, 4.69) is 10.1 Å². The highest BCUT2D eigenvalue weighted by Gasteiger charge is 2.16. The molecule has 6 heteroatoms. The topological polar surface area (TPSA) is 69.6 Å². The van der Waals surface area contributed by atoms with Gasteiger partial charge in [0.15, 0.2) is 0 Å². The van der Waals surface area contributed by atoms with Gasteiger partial charge in [-0.05, 0) is 32.9 Å². The lowest BCUT2D eigenvalue weighted by Gasteiger charge is -2.19. The highest BCUT2D eigenvalue weighted by Crippen LogP contribution is 2.06.